The largest absolute Gasteiger partial charge is 0.493 e. The van der Waals surface area contributed by atoms with E-state index < -0.39 is 17.0 Å². The van der Waals surface area contributed by atoms with Gasteiger partial charge in [0.1, 0.15) is 30.4 Å². The molecule has 3 aromatic rings. The molecule has 0 unspecified atom stereocenters. The van der Waals surface area contributed by atoms with Crippen molar-refractivity contribution in [3.63, 3.8) is 0 Å². The molecule has 0 radical (unpaired) electrons. The molecule has 0 bridgehead atoms. The van der Waals surface area contributed by atoms with Crippen molar-refractivity contribution in [1.82, 2.24) is 15.6 Å². The molecule has 0 aliphatic heterocycles. The number of carboxylic acid groups (broad SMARTS) is 1. The first kappa shape index (κ1) is 60.3. The zero-order valence-electron chi connectivity index (χ0n) is 41.8. The van der Waals surface area contributed by atoms with E-state index in [0.717, 1.165) is 60.6 Å². The Balaban J connectivity index is 0.000000762. The number of nitrogens with zero attached hydrogens (tertiary/aromatic N) is 1. The van der Waals surface area contributed by atoms with Crippen molar-refractivity contribution >= 4 is 42.0 Å². The van der Waals surface area contributed by atoms with Gasteiger partial charge in [0.25, 0.3) is 0 Å². The van der Waals surface area contributed by atoms with Gasteiger partial charge in [-0.3, -0.25) is 14.4 Å². The number of hydrogen-bond donors (Lipinski definition) is 4. The number of unbranched alkanes of at least 4 members (excludes halogenated alkanes) is 1. The van der Waals surface area contributed by atoms with E-state index in [4.69, 9.17) is 33.5 Å². The van der Waals surface area contributed by atoms with Gasteiger partial charge in [0, 0.05) is 30.6 Å². The minimum Gasteiger partial charge on any atom is -0.493 e. The first-order valence-electron chi connectivity index (χ1n) is 23.2. The number of carbonyl (C=O) groups excluding carboxylic acids is 3. The van der Waals surface area contributed by atoms with E-state index in [0.29, 0.717) is 45.9 Å². The molecule has 16 heteroatoms. The fourth-order valence-electron chi connectivity index (χ4n) is 6.38. The maximum absolute atomic E-state index is 12.7. The maximum atomic E-state index is 12.7. The molecule has 0 saturated heterocycles. The number of hydrogen-bond acceptors (Lipinski definition) is 13. The summed E-state index contributed by atoms with van der Waals surface area (Å²) in [5.74, 6) is 0.322. The van der Waals surface area contributed by atoms with E-state index in [2.05, 4.69) is 70.6 Å². The van der Waals surface area contributed by atoms with Crippen LogP contribution in [0.4, 0.5) is 5.82 Å². The number of esters is 1. The Morgan fingerprint density at radius 3 is 1.90 bits per heavy atom. The summed E-state index contributed by atoms with van der Waals surface area (Å²) >= 11 is 1.54. The Hall–Kier alpha value is -4.74. The average molecular weight is 957 g/mol. The van der Waals surface area contributed by atoms with Gasteiger partial charge in [0.05, 0.1) is 51.7 Å². The van der Waals surface area contributed by atoms with Crippen LogP contribution >= 0.6 is 11.9 Å². The van der Waals surface area contributed by atoms with Gasteiger partial charge in [-0.1, -0.05) is 64.4 Å². The molecular weight excluding hydrogens is 877 g/mol. The minimum absolute atomic E-state index is 0.0718. The highest BCUT2D eigenvalue weighted by molar-refractivity contribution is 8.00. The van der Waals surface area contributed by atoms with E-state index in [1.54, 1.807) is 0 Å². The van der Waals surface area contributed by atoms with Gasteiger partial charge < -0.3 is 48.9 Å². The van der Waals surface area contributed by atoms with Crippen molar-refractivity contribution in [2.75, 3.05) is 77.3 Å². The number of aryl methyl sites for hydroxylation is 2. The third-order valence-electron chi connectivity index (χ3n) is 9.38. The molecule has 1 aromatic heterocycles. The normalized spacial score (nSPS) is 11.3. The van der Waals surface area contributed by atoms with Crippen LogP contribution in [-0.2, 0) is 55.7 Å². The van der Waals surface area contributed by atoms with Crippen LogP contribution in [0.25, 0.3) is 0 Å². The van der Waals surface area contributed by atoms with Gasteiger partial charge >= 0.3 is 11.9 Å². The number of pyridine rings is 1. The molecule has 376 valence electrons. The summed E-state index contributed by atoms with van der Waals surface area (Å²) in [6.07, 6.45) is 8.59. The van der Waals surface area contributed by atoms with Gasteiger partial charge in [0.2, 0.25) is 12.3 Å². The number of anilines is 1. The zero-order chi connectivity index (χ0) is 50.0. The molecule has 1 heterocycles. The van der Waals surface area contributed by atoms with Gasteiger partial charge in [0.15, 0.2) is 0 Å². The molecule has 0 atom stereocenters. The molecule has 2 amide bonds. The second-order valence-electron chi connectivity index (χ2n) is 17.9. The van der Waals surface area contributed by atoms with Gasteiger partial charge in [-0.15, -0.1) is 0 Å². The topological polar surface area (TPSA) is 193 Å². The molecule has 67 heavy (non-hydrogen) atoms. The Kier molecular flexibility index (Phi) is 31.1. The summed E-state index contributed by atoms with van der Waals surface area (Å²) in [5.41, 5.74) is 2.94. The van der Waals surface area contributed by atoms with Crippen molar-refractivity contribution < 1.29 is 52.7 Å². The predicted molar refractivity (Wildman–Crippen MR) is 265 cm³/mol. The molecule has 0 fully saturated rings. The van der Waals surface area contributed by atoms with Gasteiger partial charge in [-0.05, 0) is 132 Å². The second kappa shape index (κ2) is 34.5. The number of ether oxygens (including phenoxy) is 6. The Morgan fingerprint density at radius 2 is 1.31 bits per heavy atom. The summed E-state index contributed by atoms with van der Waals surface area (Å²) in [6, 6.07) is 21.1. The third-order valence-corrected chi connectivity index (χ3v) is 10.2. The summed E-state index contributed by atoms with van der Waals surface area (Å²) in [7, 11) is 0. The Bertz CT molecular complexity index is 1790. The van der Waals surface area contributed by atoms with Crippen molar-refractivity contribution in [3.8, 4) is 5.75 Å². The summed E-state index contributed by atoms with van der Waals surface area (Å²) in [4.78, 5) is 49.6. The summed E-state index contributed by atoms with van der Waals surface area (Å²) < 4.78 is 35.0. The number of amides is 2. The fraction of sp³-hybridized carbons (Fsp3) is 0.588. The van der Waals surface area contributed by atoms with E-state index in [9.17, 15) is 19.2 Å². The van der Waals surface area contributed by atoms with E-state index in [-0.39, 0.29) is 50.3 Å². The Morgan fingerprint density at radius 1 is 0.716 bits per heavy atom. The number of rotatable bonds is 32. The summed E-state index contributed by atoms with van der Waals surface area (Å²) in [6.45, 7) is 23.1. The van der Waals surface area contributed by atoms with Crippen molar-refractivity contribution in [1.29, 1.82) is 0 Å². The summed E-state index contributed by atoms with van der Waals surface area (Å²) in [5, 5.41) is 13.4. The van der Waals surface area contributed by atoms with Crippen LogP contribution in [-0.4, -0.2) is 112 Å². The second-order valence-corrected chi connectivity index (χ2v) is 18.8. The molecule has 0 aliphatic carbocycles. The first-order valence-corrected chi connectivity index (χ1v) is 24.1. The predicted octanol–water partition coefficient (Wildman–Crippen LogP) is 8.65. The lowest BCUT2D eigenvalue weighted by atomic mass is 9.72. The highest BCUT2D eigenvalue weighted by Crippen LogP contribution is 2.39. The zero-order valence-corrected chi connectivity index (χ0v) is 42.7. The number of aliphatic carboxylic acids is 1. The highest BCUT2D eigenvalue weighted by atomic mass is 32.2. The van der Waals surface area contributed by atoms with Crippen LogP contribution in [0.3, 0.4) is 0 Å². The van der Waals surface area contributed by atoms with Crippen LogP contribution < -0.4 is 20.1 Å². The Labute approximate surface area is 404 Å². The van der Waals surface area contributed by atoms with E-state index >= 15 is 0 Å². The molecule has 0 saturated carbocycles. The number of aromatic nitrogens is 1. The SMILES string of the molecule is CC.Cc1ccc(NSc2ccc(OCCc3ccc(CCCCC(C)(C)CC(C)(C)C(=O)OC(C)(C)C)cc3)cc2)nc1.O=CNCCOCCOCC(=O)NCCOCCOCC(=O)O. The average Bonchev–Trinajstić information content (AvgIpc) is 3.27. The molecule has 0 spiro atoms. The molecule has 2 aromatic carbocycles. The van der Waals surface area contributed by atoms with Crippen molar-refractivity contribution in [2.45, 2.75) is 118 Å². The lowest BCUT2D eigenvalue weighted by molar-refractivity contribution is -0.167. The van der Waals surface area contributed by atoms with E-state index in [1.807, 2.05) is 85.9 Å². The molecule has 15 nitrogen and oxygen atoms in total. The number of benzene rings is 2. The van der Waals surface area contributed by atoms with Crippen LogP contribution in [0.2, 0.25) is 0 Å². The molecule has 4 N–H and O–H groups in total. The van der Waals surface area contributed by atoms with Crippen LogP contribution in [0, 0.1) is 17.8 Å². The number of nitrogens with one attached hydrogen (secondary N) is 3. The van der Waals surface area contributed by atoms with Gasteiger partial charge in [-0.25, -0.2) is 9.78 Å². The maximum Gasteiger partial charge on any atom is 0.329 e. The monoisotopic (exact) mass is 957 g/mol. The van der Waals surface area contributed by atoms with Crippen LogP contribution in [0.1, 0.15) is 105 Å². The standard InChI is InChI=1S/C36H50N2O3S.C13H24N2O8.C2H6/c1-27-12-21-32(37-25-27)38-42-31-19-17-30(18-20-31)40-24-22-29-15-13-28(14-16-29)11-9-10-23-35(5,6)26-36(7,8)33(39)41-34(2,3)4;16-11-14-1-3-20-5-7-22-9-12(17)15-2-4-21-6-8-23-10-13(18)19;1-2/h12-21,25H,9-11,22-24,26H2,1-8H3,(H,37,38);11H,1-10H2,(H,14,16)(H,15,17)(H,18,19);1-2H3. The lowest BCUT2D eigenvalue weighted by Crippen LogP contribution is -2.36. The van der Waals surface area contributed by atoms with Crippen LogP contribution in [0.5, 0.6) is 5.75 Å². The third kappa shape index (κ3) is 31.8. The number of carbonyl (C=O) groups is 4. The quantitative estimate of drug-likeness (QED) is 0.0201. The molecule has 3 rings (SSSR count). The van der Waals surface area contributed by atoms with Crippen molar-refractivity contribution in [3.05, 3.63) is 83.6 Å². The first-order chi connectivity index (χ1) is 31.9. The minimum atomic E-state index is -1.03. The van der Waals surface area contributed by atoms with Crippen LogP contribution in [0.15, 0.2) is 71.8 Å². The van der Waals surface area contributed by atoms with E-state index in [1.165, 1.54) is 23.1 Å². The smallest absolute Gasteiger partial charge is 0.329 e. The van der Waals surface area contributed by atoms with Crippen molar-refractivity contribution in [2.24, 2.45) is 10.8 Å². The highest BCUT2D eigenvalue weighted by Gasteiger charge is 2.37. The fourth-order valence-corrected chi connectivity index (χ4v) is 6.99. The van der Waals surface area contributed by atoms with Gasteiger partial charge in [-0.2, -0.15) is 0 Å². The number of carboxylic acids is 1. The molecular formula is C51H80N4O11S. The molecule has 0 aliphatic rings. The lowest BCUT2D eigenvalue weighted by Gasteiger charge is -2.35.